The number of piperazine rings is 1. The summed E-state index contributed by atoms with van der Waals surface area (Å²) in [5.41, 5.74) is 0.739. The minimum Gasteiger partial charge on any atom is -0.472 e. The Morgan fingerprint density at radius 3 is 2.55 bits per heavy atom. The molecule has 6 nitrogen and oxygen atoms in total. The van der Waals surface area contributed by atoms with Gasteiger partial charge in [-0.05, 0) is 24.3 Å². The first-order valence-corrected chi connectivity index (χ1v) is 10.6. The van der Waals surface area contributed by atoms with Crippen molar-refractivity contribution in [2.24, 2.45) is 0 Å². The number of carbonyl (C=O) groups excluding carboxylic acids is 1. The molecule has 0 radical (unpaired) electrons. The Kier molecular flexibility index (Phi) is 5.38. The molecule has 170 valence electrons. The zero-order chi connectivity index (χ0) is 23.2. The van der Waals surface area contributed by atoms with Gasteiger partial charge in [-0.2, -0.15) is 13.2 Å². The van der Waals surface area contributed by atoms with Gasteiger partial charge in [0, 0.05) is 42.6 Å². The molecule has 4 heterocycles. The van der Waals surface area contributed by atoms with Crippen LogP contribution in [0, 0.1) is 0 Å². The topological polar surface area (TPSA) is 54.0 Å². The minimum absolute atomic E-state index is 0.0822. The van der Waals surface area contributed by atoms with Gasteiger partial charge < -0.3 is 9.32 Å². The van der Waals surface area contributed by atoms with E-state index in [0.29, 0.717) is 24.2 Å². The van der Waals surface area contributed by atoms with E-state index in [1.807, 2.05) is 35.2 Å². The molecule has 3 aromatic heterocycles. The van der Waals surface area contributed by atoms with Gasteiger partial charge in [-0.15, -0.1) is 0 Å². The van der Waals surface area contributed by atoms with E-state index in [0.717, 1.165) is 11.8 Å². The molecule has 10 heteroatoms. The Hall–Kier alpha value is -3.30. The van der Waals surface area contributed by atoms with Crippen molar-refractivity contribution < 1.29 is 22.4 Å². The SMILES string of the molecule is O=C1CN(Cc2nc3c(C(F)(F)F)cc(-c4ccoc4)cn3c2Cl)CCN1c1ccccc1. The molecular weight excluding hydrogens is 457 g/mol. The number of para-hydroxylation sites is 1. The zero-order valence-corrected chi connectivity index (χ0v) is 18.0. The third-order valence-corrected chi connectivity index (χ3v) is 6.03. The Labute approximate surface area is 191 Å². The molecule has 0 N–H and O–H groups in total. The van der Waals surface area contributed by atoms with Crippen molar-refractivity contribution >= 4 is 28.8 Å². The average molecular weight is 475 g/mol. The summed E-state index contributed by atoms with van der Waals surface area (Å²) in [6.45, 7) is 1.28. The lowest BCUT2D eigenvalue weighted by Gasteiger charge is -2.34. The molecule has 0 aliphatic carbocycles. The lowest BCUT2D eigenvalue weighted by Crippen LogP contribution is -2.50. The number of hydrogen-bond acceptors (Lipinski definition) is 4. The van der Waals surface area contributed by atoms with Gasteiger partial charge >= 0.3 is 6.18 Å². The maximum atomic E-state index is 13.8. The summed E-state index contributed by atoms with van der Waals surface area (Å²) in [6.07, 6.45) is -0.359. The van der Waals surface area contributed by atoms with Crippen LogP contribution in [-0.2, 0) is 17.5 Å². The van der Waals surface area contributed by atoms with Gasteiger partial charge in [0.1, 0.15) is 5.15 Å². The summed E-state index contributed by atoms with van der Waals surface area (Å²) in [6, 6.07) is 11.9. The Morgan fingerprint density at radius 1 is 1.09 bits per heavy atom. The summed E-state index contributed by atoms with van der Waals surface area (Å²) < 4.78 is 47.7. The van der Waals surface area contributed by atoms with E-state index in [1.54, 1.807) is 11.0 Å². The first-order chi connectivity index (χ1) is 15.8. The molecule has 0 atom stereocenters. The number of halogens is 4. The molecule has 1 aromatic carbocycles. The number of nitrogens with zero attached hydrogens (tertiary/aromatic N) is 4. The van der Waals surface area contributed by atoms with Crippen LogP contribution in [-0.4, -0.2) is 39.8 Å². The van der Waals surface area contributed by atoms with E-state index in [4.69, 9.17) is 16.0 Å². The summed E-state index contributed by atoms with van der Waals surface area (Å²) in [4.78, 5) is 20.4. The first kappa shape index (κ1) is 21.5. The third kappa shape index (κ3) is 4.09. The summed E-state index contributed by atoms with van der Waals surface area (Å²) in [5, 5.41) is 0.0822. The van der Waals surface area contributed by atoms with Crippen LogP contribution in [0.5, 0.6) is 0 Å². The van der Waals surface area contributed by atoms with E-state index in [9.17, 15) is 18.0 Å². The van der Waals surface area contributed by atoms with Gasteiger partial charge in [0.25, 0.3) is 0 Å². The number of aromatic nitrogens is 2. The summed E-state index contributed by atoms with van der Waals surface area (Å²) >= 11 is 6.48. The lowest BCUT2D eigenvalue weighted by molar-refractivity contribution is -0.136. The molecule has 1 fully saturated rings. The fraction of sp³-hybridized carbons (Fsp3) is 0.217. The number of anilines is 1. The average Bonchev–Trinajstić information content (AvgIpc) is 3.42. The van der Waals surface area contributed by atoms with Crippen molar-refractivity contribution in [1.82, 2.24) is 14.3 Å². The minimum atomic E-state index is -4.62. The number of rotatable bonds is 4. The van der Waals surface area contributed by atoms with Crippen LogP contribution in [0.4, 0.5) is 18.9 Å². The molecule has 0 unspecified atom stereocenters. The highest BCUT2D eigenvalue weighted by Gasteiger charge is 2.36. The molecule has 0 spiro atoms. The monoisotopic (exact) mass is 474 g/mol. The predicted octanol–water partition coefficient (Wildman–Crippen LogP) is 5.12. The lowest BCUT2D eigenvalue weighted by atomic mass is 10.1. The number of carbonyl (C=O) groups is 1. The second-order valence-electron chi connectivity index (χ2n) is 7.79. The fourth-order valence-corrected chi connectivity index (χ4v) is 4.24. The highest BCUT2D eigenvalue weighted by Crippen LogP contribution is 2.37. The smallest absolute Gasteiger partial charge is 0.420 e. The highest BCUT2D eigenvalue weighted by atomic mass is 35.5. The number of fused-ring (bicyclic) bond motifs is 1. The maximum absolute atomic E-state index is 13.8. The van der Waals surface area contributed by atoms with Crippen molar-refractivity contribution in [3.05, 3.63) is 77.6 Å². The predicted molar refractivity (Wildman–Crippen MR) is 117 cm³/mol. The number of pyridine rings is 1. The van der Waals surface area contributed by atoms with Gasteiger partial charge in [0.2, 0.25) is 5.91 Å². The Morgan fingerprint density at radius 2 is 1.88 bits per heavy atom. The van der Waals surface area contributed by atoms with Crippen molar-refractivity contribution in [3.63, 3.8) is 0 Å². The number of imidazole rings is 1. The standard InChI is InChI=1S/C23H18ClF3N4O2/c24-21-19(12-29-7-8-30(20(32)13-29)17-4-2-1-3-5-17)28-22-18(23(25,26)27)10-16(11-31(21)22)15-6-9-33-14-15/h1-6,9-11,14H,7-8,12-13H2. The molecule has 1 saturated heterocycles. The van der Waals surface area contributed by atoms with Crippen LogP contribution >= 0.6 is 11.6 Å². The molecule has 1 aliphatic rings. The van der Waals surface area contributed by atoms with E-state index in [-0.39, 0.29) is 35.5 Å². The number of alkyl halides is 3. The molecule has 5 rings (SSSR count). The van der Waals surface area contributed by atoms with E-state index in [1.165, 1.54) is 23.1 Å². The van der Waals surface area contributed by atoms with E-state index < -0.39 is 11.7 Å². The second-order valence-corrected chi connectivity index (χ2v) is 8.14. The van der Waals surface area contributed by atoms with E-state index >= 15 is 0 Å². The van der Waals surface area contributed by atoms with Gasteiger partial charge in [-0.3, -0.25) is 14.1 Å². The number of hydrogen-bond donors (Lipinski definition) is 0. The largest absolute Gasteiger partial charge is 0.472 e. The van der Waals surface area contributed by atoms with Crippen molar-refractivity contribution in [3.8, 4) is 11.1 Å². The Balaban J connectivity index is 1.45. The summed E-state index contributed by atoms with van der Waals surface area (Å²) in [5.74, 6) is -0.0921. The molecule has 0 bridgehead atoms. The van der Waals surface area contributed by atoms with Gasteiger partial charge in [0.15, 0.2) is 5.65 Å². The number of benzene rings is 1. The first-order valence-electron chi connectivity index (χ1n) is 10.2. The van der Waals surface area contributed by atoms with Crippen LogP contribution in [0.3, 0.4) is 0 Å². The third-order valence-electron chi connectivity index (χ3n) is 5.63. The highest BCUT2D eigenvalue weighted by molar-refractivity contribution is 6.30. The summed E-state index contributed by atoms with van der Waals surface area (Å²) in [7, 11) is 0. The van der Waals surface area contributed by atoms with E-state index in [2.05, 4.69) is 4.98 Å². The molecule has 1 aliphatic heterocycles. The van der Waals surface area contributed by atoms with Crippen LogP contribution in [0.25, 0.3) is 16.8 Å². The number of amides is 1. The maximum Gasteiger partial charge on any atom is 0.420 e. The number of furan rings is 1. The van der Waals surface area contributed by atoms with Crippen molar-refractivity contribution in [2.45, 2.75) is 12.7 Å². The van der Waals surface area contributed by atoms with Crippen LogP contribution in [0.2, 0.25) is 5.15 Å². The van der Waals surface area contributed by atoms with Crippen LogP contribution < -0.4 is 4.90 Å². The molecule has 1 amide bonds. The van der Waals surface area contributed by atoms with Crippen LogP contribution in [0.15, 0.2) is 65.6 Å². The molecule has 33 heavy (non-hydrogen) atoms. The van der Waals surface area contributed by atoms with Crippen molar-refractivity contribution in [1.29, 1.82) is 0 Å². The van der Waals surface area contributed by atoms with Gasteiger partial charge in [-0.25, -0.2) is 4.98 Å². The molecule has 0 saturated carbocycles. The quantitative estimate of drug-likeness (QED) is 0.412. The zero-order valence-electron chi connectivity index (χ0n) is 17.2. The van der Waals surface area contributed by atoms with Gasteiger partial charge in [0.05, 0.1) is 30.3 Å². The molecular formula is C23H18ClF3N4O2. The van der Waals surface area contributed by atoms with Crippen LogP contribution in [0.1, 0.15) is 11.3 Å². The fourth-order valence-electron chi connectivity index (χ4n) is 4.01. The Bertz CT molecular complexity index is 1300. The second kappa shape index (κ2) is 8.24. The van der Waals surface area contributed by atoms with Crippen molar-refractivity contribution in [2.75, 3.05) is 24.5 Å². The molecule has 4 aromatic rings. The van der Waals surface area contributed by atoms with Gasteiger partial charge in [-0.1, -0.05) is 29.8 Å². The normalized spacial score (nSPS) is 15.5.